The number of carbonyl (C=O) groups excluding carboxylic acids is 3. The van der Waals surface area contributed by atoms with Crippen LogP contribution in [0.2, 0.25) is 0 Å². The zero-order valence-electron chi connectivity index (χ0n) is 25.0. The molecule has 40 heavy (non-hydrogen) atoms. The molecule has 0 bridgehead atoms. The fourth-order valence-corrected chi connectivity index (χ4v) is 4.32. The fourth-order valence-electron chi connectivity index (χ4n) is 4.32. The first-order valence-corrected chi connectivity index (χ1v) is 13.7. The van der Waals surface area contributed by atoms with Gasteiger partial charge in [0.05, 0.1) is 0 Å². The van der Waals surface area contributed by atoms with Crippen molar-refractivity contribution >= 4 is 17.9 Å². The van der Waals surface area contributed by atoms with Crippen molar-refractivity contribution in [3.05, 3.63) is 59.2 Å². The Hall–Kier alpha value is -3.75. The van der Waals surface area contributed by atoms with Gasteiger partial charge in [-0.3, -0.25) is 9.59 Å². The molecule has 2 aromatic rings. The van der Waals surface area contributed by atoms with E-state index in [1.807, 2.05) is 6.92 Å². The third-order valence-electron chi connectivity index (χ3n) is 6.23. The van der Waals surface area contributed by atoms with Crippen molar-refractivity contribution in [1.29, 1.82) is 0 Å². The van der Waals surface area contributed by atoms with Crippen LogP contribution in [0.15, 0.2) is 42.5 Å². The van der Waals surface area contributed by atoms with E-state index < -0.39 is 41.1 Å². The first-order valence-electron chi connectivity index (χ1n) is 13.7. The number of hydrogen-bond donors (Lipinski definition) is 4. The van der Waals surface area contributed by atoms with E-state index in [4.69, 9.17) is 4.74 Å². The van der Waals surface area contributed by atoms with E-state index >= 15 is 0 Å². The average molecular weight is 556 g/mol. The first-order chi connectivity index (χ1) is 18.5. The van der Waals surface area contributed by atoms with Crippen LogP contribution >= 0.6 is 0 Å². The van der Waals surface area contributed by atoms with Crippen LogP contribution in [-0.4, -0.2) is 56.7 Å². The highest BCUT2D eigenvalue weighted by Gasteiger charge is 2.43. The van der Waals surface area contributed by atoms with Crippen molar-refractivity contribution in [2.24, 2.45) is 0 Å². The van der Waals surface area contributed by atoms with Gasteiger partial charge >= 0.3 is 6.09 Å². The Labute approximate surface area is 237 Å². The van der Waals surface area contributed by atoms with Crippen LogP contribution in [0.5, 0.6) is 11.5 Å². The zero-order valence-corrected chi connectivity index (χ0v) is 25.0. The summed E-state index contributed by atoms with van der Waals surface area (Å²) in [5, 5.41) is 26.4. The topological polar surface area (TPSA) is 128 Å². The van der Waals surface area contributed by atoms with Crippen molar-refractivity contribution < 1.29 is 29.3 Å². The third kappa shape index (κ3) is 9.17. The van der Waals surface area contributed by atoms with Crippen LogP contribution in [-0.2, 0) is 20.7 Å². The van der Waals surface area contributed by atoms with Gasteiger partial charge in [-0.15, -0.1) is 0 Å². The number of nitrogens with zero attached hydrogens (tertiary/aromatic N) is 1. The molecule has 2 aromatic carbocycles. The molecule has 0 radical (unpaired) electrons. The molecule has 0 aromatic heterocycles. The number of para-hydroxylation sites is 1. The van der Waals surface area contributed by atoms with Gasteiger partial charge in [-0.1, -0.05) is 43.7 Å². The van der Waals surface area contributed by atoms with Gasteiger partial charge in [0.25, 0.3) is 0 Å². The molecule has 2 rings (SSSR count). The lowest BCUT2D eigenvalue weighted by Gasteiger charge is -2.43. The predicted molar refractivity (Wildman–Crippen MR) is 155 cm³/mol. The maximum Gasteiger partial charge on any atom is 0.408 e. The summed E-state index contributed by atoms with van der Waals surface area (Å²) in [4.78, 5) is 42.5. The summed E-state index contributed by atoms with van der Waals surface area (Å²) >= 11 is 0. The lowest BCUT2D eigenvalue weighted by atomic mass is 9.92. The van der Waals surface area contributed by atoms with Crippen LogP contribution in [0.3, 0.4) is 0 Å². The molecule has 2 atom stereocenters. The number of nitrogens with one attached hydrogen (secondary N) is 2. The van der Waals surface area contributed by atoms with Gasteiger partial charge in [-0.2, -0.15) is 0 Å². The quantitative estimate of drug-likeness (QED) is 0.301. The Balaban J connectivity index is 2.64. The highest BCUT2D eigenvalue weighted by Crippen LogP contribution is 2.36. The molecule has 220 valence electrons. The number of aromatic hydroxyl groups is 2. The normalized spacial score (nSPS) is 13.2. The summed E-state index contributed by atoms with van der Waals surface area (Å²) in [6.45, 7) is 14.7. The minimum atomic E-state index is -1.17. The summed E-state index contributed by atoms with van der Waals surface area (Å²) in [6, 6.07) is 9.13. The minimum absolute atomic E-state index is 0.0711. The first kappa shape index (κ1) is 32.5. The Morgan fingerprint density at radius 1 is 0.975 bits per heavy atom. The number of alkyl carbamates (subject to hydrolysis) is 1. The SMILES string of the molecule is CCCCNC(=O)C(c1cccc(C)c1O)N(C(=O)C(Cc1ccc(O)cc1)NC(=O)OC(C)(C)C)C(C)(C)C. The Bertz CT molecular complexity index is 1170. The molecule has 0 spiro atoms. The molecule has 0 fully saturated rings. The van der Waals surface area contributed by atoms with Crippen LogP contribution in [0.25, 0.3) is 0 Å². The summed E-state index contributed by atoms with van der Waals surface area (Å²) in [5.41, 5.74) is -0.156. The molecule has 3 amide bonds. The van der Waals surface area contributed by atoms with Crippen LogP contribution in [0.4, 0.5) is 4.79 Å². The number of phenols is 2. The Morgan fingerprint density at radius 2 is 1.60 bits per heavy atom. The smallest absolute Gasteiger partial charge is 0.408 e. The van der Waals surface area contributed by atoms with Crippen LogP contribution < -0.4 is 10.6 Å². The van der Waals surface area contributed by atoms with Gasteiger partial charge in [0, 0.05) is 24.1 Å². The molecule has 0 aliphatic heterocycles. The molecule has 9 heteroatoms. The zero-order chi connectivity index (χ0) is 30.3. The van der Waals surface area contributed by atoms with Gasteiger partial charge in [0.1, 0.15) is 29.2 Å². The molecule has 0 saturated carbocycles. The molecule has 0 aliphatic carbocycles. The number of aryl methyl sites for hydroxylation is 1. The maximum atomic E-state index is 14.5. The average Bonchev–Trinajstić information content (AvgIpc) is 2.83. The number of phenolic OH excluding ortho intramolecular Hbond substituents is 2. The van der Waals surface area contributed by atoms with Crippen LogP contribution in [0, 0.1) is 6.92 Å². The lowest BCUT2D eigenvalue weighted by Crippen LogP contribution is -2.59. The summed E-state index contributed by atoms with van der Waals surface area (Å²) < 4.78 is 5.45. The number of carbonyl (C=O) groups is 3. The van der Waals surface area contributed by atoms with E-state index in [-0.39, 0.29) is 23.5 Å². The van der Waals surface area contributed by atoms with Gasteiger partial charge in [-0.25, -0.2) is 4.79 Å². The van der Waals surface area contributed by atoms with E-state index in [0.717, 1.165) is 12.8 Å². The van der Waals surface area contributed by atoms with E-state index in [9.17, 15) is 24.6 Å². The fraction of sp³-hybridized carbons (Fsp3) is 0.516. The molecule has 9 nitrogen and oxygen atoms in total. The van der Waals surface area contributed by atoms with Gasteiger partial charge < -0.3 is 30.5 Å². The molecule has 0 saturated heterocycles. The van der Waals surface area contributed by atoms with Gasteiger partial charge in [0.2, 0.25) is 11.8 Å². The highest BCUT2D eigenvalue weighted by atomic mass is 16.6. The van der Waals surface area contributed by atoms with E-state index in [2.05, 4.69) is 10.6 Å². The summed E-state index contributed by atoms with van der Waals surface area (Å²) in [7, 11) is 0. The van der Waals surface area contributed by atoms with Gasteiger partial charge in [0.15, 0.2) is 0 Å². The molecule has 4 N–H and O–H groups in total. The Kier molecular flexibility index (Phi) is 11.0. The second-order valence-electron chi connectivity index (χ2n) is 12.0. The third-order valence-corrected chi connectivity index (χ3v) is 6.23. The number of rotatable bonds is 10. The second-order valence-corrected chi connectivity index (χ2v) is 12.0. The molecule has 0 heterocycles. The number of benzene rings is 2. The van der Waals surface area contributed by atoms with Crippen molar-refractivity contribution in [2.75, 3.05) is 6.54 Å². The summed E-state index contributed by atoms with van der Waals surface area (Å²) in [5.74, 6) is -0.960. The number of unbranched alkanes of at least 4 members (excludes halogenated alkanes) is 1. The van der Waals surface area contributed by atoms with E-state index in [0.29, 0.717) is 17.7 Å². The second kappa shape index (κ2) is 13.5. The molecular weight excluding hydrogens is 510 g/mol. The number of hydrogen-bond acceptors (Lipinski definition) is 6. The molecule has 0 aliphatic rings. The van der Waals surface area contributed by atoms with Crippen molar-refractivity contribution in [3.8, 4) is 11.5 Å². The van der Waals surface area contributed by atoms with Crippen LogP contribution in [0.1, 0.15) is 84.0 Å². The lowest BCUT2D eigenvalue weighted by molar-refractivity contribution is -0.148. The number of ether oxygens (including phenoxy) is 1. The van der Waals surface area contributed by atoms with E-state index in [1.165, 1.54) is 17.0 Å². The van der Waals surface area contributed by atoms with E-state index in [1.54, 1.807) is 78.8 Å². The summed E-state index contributed by atoms with van der Waals surface area (Å²) in [6.07, 6.45) is 0.929. The maximum absolute atomic E-state index is 14.5. The largest absolute Gasteiger partial charge is 0.508 e. The van der Waals surface area contributed by atoms with Crippen molar-refractivity contribution in [1.82, 2.24) is 15.5 Å². The van der Waals surface area contributed by atoms with Crippen molar-refractivity contribution in [3.63, 3.8) is 0 Å². The van der Waals surface area contributed by atoms with Crippen molar-refractivity contribution in [2.45, 2.75) is 97.9 Å². The predicted octanol–water partition coefficient (Wildman–Crippen LogP) is 5.13. The van der Waals surface area contributed by atoms with Gasteiger partial charge in [-0.05, 0) is 78.1 Å². The molecular formula is C31H45N3O6. The standard InChI is InChI=1S/C31H45N3O6/c1-9-10-18-32-27(37)25(23-13-11-12-20(2)26(23)36)34(30(3,4)5)28(38)24(33-29(39)40-31(6,7)8)19-21-14-16-22(35)17-15-21/h11-17,24-25,35-36H,9-10,18-19H2,1-8H3,(H,32,37)(H,33,39). The minimum Gasteiger partial charge on any atom is -0.508 e. The monoisotopic (exact) mass is 555 g/mol. The Morgan fingerprint density at radius 3 is 2.15 bits per heavy atom. The molecule has 2 unspecified atom stereocenters. The highest BCUT2D eigenvalue weighted by molar-refractivity contribution is 5.93. The number of amides is 3.